The van der Waals surface area contributed by atoms with Crippen LogP contribution in [-0.2, 0) is 0 Å². The zero-order chi connectivity index (χ0) is 14.5. The molecule has 0 bridgehead atoms. The molecule has 1 saturated carbocycles. The Bertz CT molecular complexity index is 472. The fourth-order valence-corrected chi connectivity index (χ4v) is 3.42. The van der Waals surface area contributed by atoms with Crippen molar-refractivity contribution < 1.29 is 4.79 Å². The molecule has 0 aromatic heterocycles. The predicted molar refractivity (Wildman–Crippen MR) is 85.1 cm³/mol. The molecule has 1 aliphatic carbocycles. The lowest BCUT2D eigenvalue weighted by Gasteiger charge is -2.34. The number of amides is 1. The number of rotatable bonds is 4. The van der Waals surface area contributed by atoms with Gasteiger partial charge in [0.15, 0.2) is 0 Å². The summed E-state index contributed by atoms with van der Waals surface area (Å²) in [5.74, 6) is 0.396. The highest BCUT2D eigenvalue weighted by atomic mass is 35.5. The highest BCUT2D eigenvalue weighted by molar-refractivity contribution is 6.36. The lowest BCUT2D eigenvalue weighted by Crippen LogP contribution is -2.42. The van der Waals surface area contributed by atoms with Gasteiger partial charge in [-0.3, -0.25) is 4.79 Å². The molecule has 1 amide bonds. The van der Waals surface area contributed by atoms with Crippen LogP contribution in [0.3, 0.4) is 0 Å². The van der Waals surface area contributed by atoms with Gasteiger partial charge in [-0.2, -0.15) is 0 Å². The van der Waals surface area contributed by atoms with E-state index in [-0.39, 0.29) is 11.9 Å². The molecule has 0 unspecified atom stereocenters. The zero-order valence-corrected chi connectivity index (χ0v) is 13.5. The second-order valence-corrected chi connectivity index (χ2v) is 6.33. The molecule has 1 aliphatic rings. The SMILES string of the molecule is O=C(c1ccc(Cl)cc1Cl)N(CCCl)C1CCCCC1. The molecule has 1 aromatic carbocycles. The van der Waals surface area contributed by atoms with Crippen LogP contribution in [0.5, 0.6) is 0 Å². The first-order chi connectivity index (χ1) is 9.63. The van der Waals surface area contributed by atoms with Crippen molar-refractivity contribution in [1.29, 1.82) is 0 Å². The van der Waals surface area contributed by atoms with Gasteiger partial charge in [0, 0.05) is 23.5 Å². The molecule has 0 aliphatic heterocycles. The maximum atomic E-state index is 12.7. The molecule has 1 aromatic rings. The van der Waals surface area contributed by atoms with Crippen LogP contribution in [0.15, 0.2) is 18.2 Å². The van der Waals surface area contributed by atoms with Gasteiger partial charge >= 0.3 is 0 Å². The van der Waals surface area contributed by atoms with E-state index in [1.54, 1.807) is 18.2 Å². The molecule has 2 rings (SSSR count). The van der Waals surface area contributed by atoms with E-state index in [1.165, 1.54) is 19.3 Å². The molecule has 110 valence electrons. The standard InChI is InChI=1S/C15H18Cl3NO/c16-8-9-19(12-4-2-1-3-5-12)15(20)13-7-6-11(17)10-14(13)18/h6-7,10,12H,1-5,8-9H2. The van der Waals surface area contributed by atoms with E-state index in [0.29, 0.717) is 28.0 Å². The van der Waals surface area contributed by atoms with Crippen LogP contribution in [0.4, 0.5) is 0 Å². The second-order valence-electron chi connectivity index (χ2n) is 5.10. The number of hydrogen-bond acceptors (Lipinski definition) is 1. The van der Waals surface area contributed by atoms with E-state index in [9.17, 15) is 4.79 Å². The van der Waals surface area contributed by atoms with Crippen molar-refractivity contribution in [2.24, 2.45) is 0 Å². The Labute approximate surface area is 135 Å². The topological polar surface area (TPSA) is 20.3 Å². The summed E-state index contributed by atoms with van der Waals surface area (Å²) in [7, 11) is 0. The van der Waals surface area contributed by atoms with Crippen molar-refractivity contribution in [2.75, 3.05) is 12.4 Å². The third-order valence-electron chi connectivity index (χ3n) is 3.76. The third-order valence-corrected chi connectivity index (χ3v) is 4.48. The second kappa shape index (κ2) is 7.53. The lowest BCUT2D eigenvalue weighted by molar-refractivity contribution is 0.0650. The van der Waals surface area contributed by atoms with Crippen LogP contribution >= 0.6 is 34.8 Å². The number of hydrogen-bond donors (Lipinski definition) is 0. The van der Waals surface area contributed by atoms with Crippen LogP contribution in [-0.4, -0.2) is 29.3 Å². The normalized spacial score (nSPS) is 16.1. The lowest BCUT2D eigenvalue weighted by atomic mass is 9.93. The molecule has 0 heterocycles. The van der Waals surface area contributed by atoms with Crippen molar-refractivity contribution >= 4 is 40.7 Å². The van der Waals surface area contributed by atoms with E-state index in [4.69, 9.17) is 34.8 Å². The van der Waals surface area contributed by atoms with Gasteiger partial charge in [-0.1, -0.05) is 42.5 Å². The van der Waals surface area contributed by atoms with Crippen LogP contribution in [0.1, 0.15) is 42.5 Å². The Morgan fingerprint density at radius 2 is 1.90 bits per heavy atom. The van der Waals surface area contributed by atoms with Crippen molar-refractivity contribution in [3.63, 3.8) is 0 Å². The summed E-state index contributed by atoms with van der Waals surface area (Å²) in [5.41, 5.74) is 0.506. The summed E-state index contributed by atoms with van der Waals surface area (Å²) >= 11 is 17.9. The minimum atomic E-state index is -0.0424. The highest BCUT2D eigenvalue weighted by Gasteiger charge is 2.26. The summed E-state index contributed by atoms with van der Waals surface area (Å²) < 4.78 is 0. The Balaban J connectivity index is 2.21. The monoisotopic (exact) mass is 333 g/mol. The molecular formula is C15H18Cl3NO. The molecule has 0 saturated heterocycles. The molecule has 0 radical (unpaired) electrons. The quantitative estimate of drug-likeness (QED) is 0.709. The summed E-state index contributed by atoms with van der Waals surface area (Å²) in [4.78, 5) is 14.6. The van der Waals surface area contributed by atoms with Crippen molar-refractivity contribution in [1.82, 2.24) is 4.90 Å². The van der Waals surface area contributed by atoms with E-state index in [0.717, 1.165) is 12.8 Å². The summed E-state index contributed by atoms with van der Waals surface area (Å²) in [6, 6.07) is 5.27. The minimum absolute atomic E-state index is 0.0424. The van der Waals surface area contributed by atoms with Crippen molar-refractivity contribution in [3.05, 3.63) is 33.8 Å². The first kappa shape index (κ1) is 15.9. The summed E-state index contributed by atoms with van der Waals surface area (Å²) in [6.07, 6.45) is 5.69. The average molecular weight is 335 g/mol. The van der Waals surface area contributed by atoms with Crippen LogP contribution in [0.2, 0.25) is 10.0 Å². The number of carbonyl (C=O) groups excluding carboxylic acids is 1. The van der Waals surface area contributed by atoms with Gasteiger partial charge in [0.1, 0.15) is 0 Å². The molecule has 0 spiro atoms. The number of carbonyl (C=O) groups is 1. The Morgan fingerprint density at radius 1 is 1.20 bits per heavy atom. The maximum absolute atomic E-state index is 12.7. The molecule has 1 fully saturated rings. The average Bonchev–Trinajstić information content (AvgIpc) is 2.45. The zero-order valence-electron chi connectivity index (χ0n) is 11.2. The molecule has 5 heteroatoms. The minimum Gasteiger partial charge on any atom is -0.334 e. The van der Waals surface area contributed by atoms with Crippen molar-refractivity contribution in [3.8, 4) is 0 Å². The summed E-state index contributed by atoms with van der Waals surface area (Å²) in [5, 5.41) is 0.936. The van der Waals surface area contributed by atoms with Crippen molar-refractivity contribution in [2.45, 2.75) is 38.1 Å². The Morgan fingerprint density at radius 3 is 2.50 bits per heavy atom. The molecular weight excluding hydrogens is 317 g/mol. The Hall–Kier alpha value is -0.440. The van der Waals surface area contributed by atoms with Crippen LogP contribution in [0.25, 0.3) is 0 Å². The summed E-state index contributed by atoms with van der Waals surface area (Å²) in [6.45, 7) is 0.560. The first-order valence-electron chi connectivity index (χ1n) is 6.95. The number of alkyl halides is 1. The molecule has 0 N–H and O–H groups in total. The van der Waals surface area contributed by atoms with E-state index in [1.807, 2.05) is 4.90 Å². The number of nitrogens with zero attached hydrogens (tertiary/aromatic N) is 1. The Kier molecular flexibility index (Phi) is 6.01. The largest absolute Gasteiger partial charge is 0.334 e. The van der Waals surface area contributed by atoms with E-state index >= 15 is 0 Å². The van der Waals surface area contributed by atoms with Gasteiger partial charge in [0.2, 0.25) is 0 Å². The smallest absolute Gasteiger partial charge is 0.255 e. The number of halogens is 3. The predicted octanol–water partition coefficient (Wildman–Crippen LogP) is 5.01. The molecule has 0 atom stereocenters. The fraction of sp³-hybridized carbons (Fsp3) is 0.533. The number of benzene rings is 1. The van der Waals surface area contributed by atoms with Crippen LogP contribution < -0.4 is 0 Å². The van der Waals surface area contributed by atoms with E-state index < -0.39 is 0 Å². The fourth-order valence-electron chi connectivity index (χ4n) is 2.75. The first-order valence-corrected chi connectivity index (χ1v) is 8.24. The van der Waals surface area contributed by atoms with E-state index in [2.05, 4.69) is 0 Å². The van der Waals surface area contributed by atoms with Gasteiger partial charge in [-0.05, 0) is 31.0 Å². The molecule has 20 heavy (non-hydrogen) atoms. The third kappa shape index (κ3) is 3.81. The van der Waals surface area contributed by atoms with Gasteiger partial charge in [0.25, 0.3) is 5.91 Å². The van der Waals surface area contributed by atoms with Gasteiger partial charge in [0.05, 0.1) is 10.6 Å². The van der Waals surface area contributed by atoms with Gasteiger partial charge in [-0.15, -0.1) is 11.6 Å². The molecule has 2 nitrogen and oxygen atoms in total. The van der Waals surface area contributed by atoms with Gasteiger partial charge in [-0.25, -0.2) is 0 Å². The van der Waals surface area contributed by atoms with Crippen LogP contribution in [0, 0.1) is 0 Å². The highest BCUT2D eigenvalue weighted by Crippen LogP contribution is 2.27. The maximum Gasteiger partial charge on any atom is 0.255 e. The van der Waals surface area contributed by atoms with Gasteiger partial charge < -0.3 is 4.90 Å².